The Labute approximate surface area is 424 Å². The highest BCUT2D eigenvalue weighted by Gasteiger charge is 2.59. The molecule has 1 N–H and O–H groups in total. The molecule has 69 heavy (non-hydrogen) atoms. The zero-order chi connectivity index (χ0) is 49.5. The quantitative estimate of drug-likeness (QED) is 0.0398. The number of piperidine rings is 1. The molecule has 8 heteroatoms. The molecule has 398 valence electrons. The average Bonchev–Trinajstić information content (AvgIpc) is 3.69. The smallest absolute Gasteiger partial charge is 0.408 e. The second kappa shape index (κ2) is 31.0. The molecule has 1 amide bonds. The molecular formula is C61H108N2O6. The zero-order valence-electron chi connectivity index (χ0n) is 46.2. The Balaban J connectivity index is 0.974. The number of ether oxygens (including phenoxy) is 4. The van der Waals surface area contributed by atoms with Gasteiger partial charge in [-0.25, -0.2) is 9.59 Å². The fraction of sp³-hybridized carbons (Fsp3) is 0.902. The normalized spacial score (nSPS) is 28.5. The van der Waals surface area contributed by atoms with Gasteiger partial charge in [-0.3, -0.25) is 0 Å². The molecule has 5 aliphatic rings. The number of nitrogens with one attached hydrogen (secondary N) is 1. The topological polar surface area (TPSA) is 86.3 Å². The molecule has 3 saturated carbocycles. The van der Waals surface area contributed by atoms with E-state index in [0.29, 0.717) is 18.6 Å². The second-order valence-electron chi connectivity index (χ2n) is 24.5. The first kappa shape index (κ1) is 58.0. The van der Waals surface area contributed by atoms with Crippen molar-refractivity contribution >= 4 is 12.1 Å². The molecular weight excluding hydrogens is 857 g/mol. The summed E-state index contributed by atoms with van der Waals surface area (Å²) in [5.41, 5.74) is 2.18. The third-order valence-corrected chi connectivity index (χ3v) is 18.4. The van der Waals surface area contributed by atoms with Crippen LogP contribution < -0.4 is 5.32 Å². The van der Waals surface area contributed by atoms with Gasteiger partial charge in [0.2, 0.25) is 0 Å². The lowest BCUT2D eigenvalue weighted by molar-refractivity contribution is -0.150. The van der Waals surface area contributed by atoms with Crippen molar-refractivity contribution in [2.24, 2.45) is 52.3 Å². The lowest BCUT2D eigenvalue weighted by Gasteiger charge is -2.58. The monoisotopic (exact) mass is 965 g/mol. The number of unbranched alkanes of at least 4 members (excludes halogenated alkanes) is 12. The van der Waals surface area contributed by atoms with E-state index in [1.165, 1.54) is 160 Å². The van der Waals surface area contributed by atoms with Crippen LogP contribution in [0.4, 0.5) is 4.79 Å². The van der Waals surface area contributed by atoms with Crippen LogP contribution in [-0.4, -0.2) is 81.3 Å². The molecule has 8 nitrogen and oxygen atoms in total. The van der Waals surface area contributed by atoms with Crippen LogP contribution in [0.2, 0.25) is 0 Å². The molecule has 5 rings (SSSR count). The van der Waals surface area contributed by atoms with E-state index in [2.05, 4.69) is 70.0 Å². The summed E-state index contributed by atoms with van der Waals surface area (Å²) in [6, 6.07) is -0.783. The summed E-state index contributed by atoms with van der Waals surface area (Å²) in [6.07, 6.45) is 42.1. The van der Waals surface area contributed by atoms with Gasteiger partial charge in [-0.2, -0.15) is 0 Å². The summed E-state index contributed by atoms with van der Waals surface area (Å²) in [5.74, 6) is 4.25. The number of hydrogen-bond acceptors (Lipinski definition) is 7. The minimum absolute atomic E-state index is 0.0705. The second-order valence-corrected chi connectivity index (χ2v) is 24.5. The van der Waals surface area contributed by atoms with Crippen molar-refractivity contribution in [3.05, 3.63) is 23.8 Å². The van der Waals surface area contributed by atoms with Crippen LogP contribution in [-0.2, 0) is 23.7 Å². The molecule has 10 atom stereocenters. The molecule has 4 fully saturated rings. The molecule has 0 spiro atoms. The van der Waals surface area contributed by atoms with Crippen molar-refractivity contribution in [2.75, 3.05) is 46.1 Å². The predicted octanol–water partition coefficient (Wildman–Crippen LogP) is 15.6. The van der Waals surface area contributed by atoms with Gasteiger partial charge in [0.25, 0.3) is 0 Å². The fourth-order valence-electron chi connectivity index (χ4n) is 14.3. The van der Waals surface area contributed by atoms with Gasteiger partial charge in [0, 0.05) is 19.6 Å². The van der Waals surface area contributed by atoms with Gasteiger partial charge in [-0.15, -0.1) is 0 Å². The van der Waals surface area contributed by atoms with Crippen LogP contribution >= 0.6 is 0 Å². The lowest BCUT2D eigenvalue weighted by Crippen LogP contribution is -2.51. The molecule has 0 aromatic heterocycles. The van der Waals surface area contributed by atoms with E-state index in [9.17, 15) is 9.59 Å². The molecule has 0 aromatic carbocycles. The Morgan fingerprint density at radius 1 is 0.768 bits per heavy atom. The Kier molecular flexibility index (Phi) is 26.0. The maximum atomic E-state index is 13.4. The summed E-state index contributed by atoms with van der Waals surface area (Å²) < 4.78 is 24.4. The molecule has 1 unspecified atom stereocenters. The number of amides is 1. The van der Waals surface area contributed by atoms with Crippen LogP contribution in [0.5, 0.6) is 0 Å². The van der Waals surface area contributed by atoms with Gasteiger partial charge in [-0.1, -0.05) is 163 Å². The van der Waals surface area contributed by atoms with Crippen LogP contribution in [0.1, 0.15) is 235 Å². The van der Waals surface area contributed by atoms with Gasteiger partial charge in [0.1, 0.15) is 18.8 Å². The Morgan fingerprint density at radius 2 is 1.46 bits per heavy atom. The minimum Gasteiger partial charge on any atom is -0.462 e. The highest BCUT2D eigenvalue weighted by atomic mass is 16.6. The van der Waals surface area contributed by atoms with Crippen LogP contribution in [0.15, 0.2) is 23.8 Å². The minimum atomic E-state index is -0.783. The zero-order valence-corrected chi connectivity index (χ0v) is 46.2. The number of alkyl carbamates (subject to hydrolysis) is 1. The van der Waals surface area contributed by atoms with Crippen molar-refractivity contribution < 1.29 is 28.5 Å². The highest BCUT2D eigenvalue weighted by molar-refractivity contribution is 5.81. The van der Waals surface area contributed by atoms with Gasteiger partial charge in [0.05, 0.1) is 19.3 Å². The summed E-state index contributed by atoms with van der Waals surface area (Å²) in [6.45, 7) is 23.4. The third-order valence-electron chi connectivity index (χ3n) is 18.4. The molecule has 1 saturated heterocycles. The van der Waals surface area contributed by atoms with E-state index in [1.54, 1.807) is 0 Å². The summed E-state index contributed by atoms with van der Waals surface area (Å²) in [7, 11) is 0. The number of rotatable bonds is 33. The number of carbonyl (C=O) groups is 2. The standard InChI is InChI=1S/C61H108N2O6/c1-9-10-11-12-13-14-15-16-17-18-19-20-21-22-23-27-41-66-46-52(45-63-39-25-24-26-40-63)67-42-43-68-58(64)57(48(4)5)62-59(65)69-51-35-37-60(7)50(44-51)31-32-53-55-34-33-54(49(6)30-28-29-47(2)3)61(55,8)38-36-56(53)60/h16-17,31,47-49,51-57H,9-15,18-30,32-46H2,1-8H3,(H,62,65)/t49-,51+,52?,53+,54-,55+,56+,57+,60+,61-/m1/s1. The molecule has 4 aliphatic carbocycles. The average molecular weight is 966 g/mol. The van der Waals surface area contributed by atoms with Crippen molar-refractivity contribution in [1.29, 1.82) is 0 Å². The highest BCUT2D eigenvalue weighted by Crippen LogP contribution is 2.67. The van der Waals surface area contributed by atoms with Gasteiger partial charge in [-0.05, 0) is 155 Å². The van der Waals surface area contributed by atoms with E-state index in [4.69, 9.17) is 18.9 Å². The fourth-order valence-corrected chi connectivity index (χ4v) is 14.3. The van der Waals surface area contributed by atoms with E-state index >= 15 is 0 Å². The number of carbonyl (C=O) groups excluding carboxylic acids is 2. The lowest BCUT2D eigenvalue weighted by atomic mass is 9.47. The largest absolute Gasteiger partial charge is 0.462 e. The van der Waals surface area contributed by atoms with E-state index < -0.39 is 18.1 Å². The molecule has 0 aromatic rings. The Morgan fingerprint density at radius 3 is 2.16 bits per heavy atom. The summed E-state index contributed by atoms with van der Waals surface area (Å²) in [5, 5.41) is 2.91. The Hall–Kier alpha value is -1.90. The van der Waals surface area contributed by atoms with Gasteiger partial charge < -0.3 is 29.2 Å². The van der Waals surface area contributed by atoms with Crippen molar-refractivity contribution in [2.45, 2.75) is 253 Å². The number of allylic oxidation sites excluding steroid dienone is 3. The summed E-state index contributed by atoms with van der Waals surface area (Å²) in [4.78, 5) is 29.4. The number of hydrogen-bond donors (Lipinski definition) is 1. The maximum Gasteiger partial charge on any atom is 0.408 e. The molecule has 1 heterocycles. The van der Waals surface area contributed by atoms with Gasteiger partial charge in [0.15, 0.2) is 0 Å². The van der Waals surface area contributed by atoms with Crippen LogP contribution in [0, 0.1) is 52.3 Å². The van der Waals surface area contributed by atoms with Crippen LogP contribution in [0.3, 0.4) is 0 Å². The molecule has 1 aliphatic heterocycles. The summed E-state index contributed by atoms with van der Waals surface area (Å²) >= 11 is 0. The molecule has 0 radical (unpaired) electrons. The molecule has 0 bridgehead atoms. The van der Waals surface area contributed by atoms with E-state index in [1.807, 2.05) is 13.8 Å². The first-order valence-corrected chi connectivity index (χ1v) is 29.8. The van der Waals surface area contributed by atoms with E-state index in [0.717, 1.165) is 87.4 Å². The van der Waals surface area contributed by atoms with Gasteiger partial charge >= 0.3 is 12.1 Å². The first-order chi connectivity index (χ1) is 33.4. The first-order valence-electron chi connectivity index (χ1n) is 29.8. The number of esters is 1. The Bertz CT molecular complexity index is 1510. The van der Waals surface area contributed by atoms with E-state index in [-0.39, 0.29) is 30.1 Å². The number of nitrogens with zero attached hydrogens (tertiary/aromatic N) is 1. The number of fused-ring (bicyclic) bond motifs is 5. The SMILES string of the molecule is CCCCCCCCC=CCCCCCCCCOCC(CN1CCCCC1)OCCOC(=O)[C@@H](NC(=O)O[C@H]1CC[C@@]2(C)C(=CC[C@H]3[C@@H]4CC[C@H]([C@H](C)CCCC(C)C)[C@@]4(C)CC[C@@H]32)C1)C(C)C. The van der Waals surface area contributed by atoms with Crippen LogP contribution in [0.25, 0.3) is 0 Å². The van der Waals surface area contributed by atoms with Crippen molar-refractivity contribution in [3.63, 3.8) is 0 Å². The third kappa shape index (κ3) is 18.5. The maximum absolute atomic E-state index is 13.4. The van der Waals surface area contributed by atoms with Crippen molar-refractivity contribution in [3.8, 4) is 0 Å². The number of likely N-dealkylation sites (tertiary alicyclic amines) is 1. The predicted molar refractivity (Wildman–Crippen MR) is 286 cm³/mol. The van der Waals surface area contributed by atoms with Crippen molar-refractivity contribution in [1.82, 2.24) is 10.2 Å².